The third-order valence-electron chi connectivity index (χ3n) is 4.77. The van der Waals surface area contributed by atoms with Gasteiger partial charge in [0, 0.05) is 25.2 Å². The van der Waals surface area contributed by atoms with Crippen LogP contribution in [0.2, 0.25) is 0 Å². The maximum absolute atomic E-state index is 14.0. The van der Waals surface area contributed by atoms with E-state index in [0.29, 0.717) is 31.8 Å². The molecule has 110 valence electrons. The van der Waals surface area contributed by atoms with Gasteiger partial charge in [-0.3, -0.25) is 0 Å². The maximum Gasteiger partial charge on any atom is 0.129 e. The molecule has 2 saturated heterocycles. The Morgan fingerprint density at radius 3 is 2.85 bits per heavy atom. The number of rotatable bonds is 2. The van der Waals surface area contributed by atoms with Crippen molar-refractivity contribution in [3.8, 4) is 0 Å². The van der Waals surface area contributed by atoms with Crippen LogP contribution < -0.4 is 0 Å². The molecule has 2 fully saturated rings. The highest BCUT2D eigenvalue weighted by atomic mass is 19.1. The van der Waals surface area contributed by atoms with Crippen LogP contribution >= 0.6 is 0 Å². The zero-order chi connectivity index (χ0) is 14.2. The van der Waals surface area contributed by atoms with E-state index in [1.807, 2.05) is 0 Å². The topological polar surface area (TPSA) is 38.7 Å². The van der Waals surface area contributed by atoms with E-state index in [4.69, 9.17) is 9.47 Å². The number of benzene rings is 1. The third kappa shape index (κ3) is 2.36. The molecule has 3 unspecified atom stereocenters. The highest BCUT2D eigenvalue weighted by molar-refractivity contribution is 5.25. The van der Waals surface area contributed by atoms with Gasteiger partial charge in [0.05, 0.1) is 17.8 Å². The first-order valence-corrected chi connectivity index (χ1v) is 7.23. The predicted molar refractivity (Wildman–Crippen MR) is 72.8 cm³/mol. The van der Waals surface area contributed by atoms with Gasteiger partial charge in [-0.2, -0.15) is 0 Å². The Balaban J connectivity index is 1.85. The van der Waals surface area contributed by atoms with Crippen LogP contribution in [-0.2, 0) is 15.1 Å². The molecule has 0 radical (unpaired) electrons. The van der Waals surface area contributed by atoms with Gasteiger partial charge in [-0.15, -0.1) is 0 Å². The molecular formula is C16H21FO3. The molecule has 2 aliphatic heterocycles. The van der Waals surface area contributed by atoms with Gasteiger partial charge in [-0.25, -0.2) is 4.39 Å². The summed E-state index contributed by atoms with van der Waals surface area (Å²) in [5.41, 5.74) is -1.08. The summed E-state index contributed by atoms with van der Waals surface area (Å²) in [4.78, 5) is 0. The molecule has 1 spiro atoms. The van der Waals surface area contributed by atoms with Gasteiger partial charge < -0.3 is 14.6 Å². The fourth-order valence-corrected chi connectivity index (χ4v) is 3.46. The third-order valence-corrected chi connectivity index (χ3v) is 4.77. The minimum Gasteiger partial charge on any atom is -0.385 e. The summed E-state index contributed by atoms with van der Waals surface area (Å²) in [6, 6.07) is 6.48. The van der Waals surface area contributed by atoms with Gasteiger partial charge in [0.1, 0.15) is 5.82 Å². The van der Waals surface area contributed by atoms with Gasteiger partial charge in [0.15, 0.2) is 0 Å². The van der Waals surface area contributed by atoms with Gasteiger partial charge in [0.2, 0.25) is 0 Å². The van der Waals surface area contributed by atoms with Crippen molar-refractivity contribution in [3.63, 3.8) is 0 Å². The van der Waals surface area contributed by atoms with E-state index < -0.39 is 5.60 Å². The lowest BCUT2D eigenvalue weighted by atomic mass is 9.73. The highest BCUT2D eigenvalue weighted by Crippen LogP contribution is 2.44. The number of hydrogen-bond donors (Lipinski definition) is 1. The van der Waals surface area contributed by atoms with Crippen molar-refractivity contribution in [1.82, 2.24) is 0 Å². The Kier molecular flexibility index (Phi) is 3.56. The Morgan fingerprint density at radius 2 is 2.15 bits per heavy atom. The molecule has 0 aromatic heterocycles. The molecule has 2 heterocycles. The Labute approximate surface area is 118 Å². The van der Waals surface area contributed by atoms with Crippen molar-refractivity contribution in [2.24, 2.45) is 5.92 Å². The molecule has 3 atom stereocenters. The summed E-state index contributed by atoms with van der Waals surface area (Å²) in [7, 11) is 0. The van der Waals surface area contributed by atoms with Crippen molar-refractivity contribution in [3.05, 3.63) is 35.6 Å². The van der Waals surface area contributed by atoms with Gasteiger partial charge in [-0.05, 0) is 31.7 Å². The van der Waals surface area contributed by atoms with Crippen molar-refractivity contribution in [1.29, 1.82) is 0 Å². The lowest BCUT2D eigenvalue weighted by molar-refractivity contribution is -0.141. The molecule has 3 nitrogen and oxygen atoms in total. The van der Waals surface area contributed by atoms with Crippen molar-refractivity contribution >= 4 is 0 Å². The van der Waals surface area contributed by atoms with E-state index in [2.05, 4.69) is 0 Å². The monoisotopic (exact) mass is 280 g/mol. The molecule has 1 aromatic rings. The number of halogens is 1. The van der Waals surface area contributed by atoms with Crippen molar-refractivity contribution in [2.75, 3.05) is 19.8 Å². The van der Waals surface area contributed by atoms with E-state index in [1.54, 1.807) is 25.1 Å². The van der Waals surface area contributed by atoms with Crippen LogP contribution in [0.1, 0.15) is 31.7 Å². The van der Waals surface area contributed by atoms with E-state index in [1.165, 1.54) is 6.07 Å². The fraction of sp³-hybridized carbons (Fsp3) is 0.625. The molecule has 0 aliphatic carbocycles. The minimum absolute atomic E-state index is 0.0187. The Hall–Kier alpha value is -0.970. The maximum atomic E-state index is 14.0. The van der Waals surface area contributed by atoms with Crippen LogP contribution in [0.3, 0.4) is 0 Å². The number of ether oxygens (including phenoxy) is 2. The second-order valence-electron chi connectivity index (χ2n) is 6.15. The standard InChI is InChI=1S/C16H21FO3/c1-15(18,13-4-2-3-5-14(13)17)12-6-8-20-16(10-12)7-9-19-11-16/h2-5,12,18H,6-11H2,1H3. The van der Waals surface area contributed by atoms with E-state index in [-0.39, 0.29) is 17.3 Å². The predicted octanol–water partition coefficient (Wildman–Crippen LogP) is 2.62. The first kappa shape index (κ1) is 14.0. The van der Waals surface area contributed by atoms with Crippen molar-refractivity contribution in [2.45, 2.75) is 37.4 Å². The zero-order valence-electron chi connectivity index (χ0n) is 11.8. The average Bonchev–Trinajstić information content (AvgIpc) is 2.87. The van der Waals surface area contributed by atoms with Crippen LogP contribution in [0.5, 0.6) is 0 Å². The normalized spacial score (nSPS) is 33.2. The highest BCUT2D eigenvalue weighted by Gasteiger charge is 2.47. The van der Waals surface area contributed by atoms with E-state index >= 15 is 0 Å². The SMILES string of the molecule is CC(O)(c1ccccc1F)C1CCOC2(CCOC2)C1. The molecule has 3 rings (SSSR count). The van der Waals surface area contributed by atoms with Gasteiger partial charge in [0.25, 0.3) is 0 Å². The Bertz CT molecular complexity index is 480. The Morgan fingerprint density at radius 1 is 1.35 bits per heavy atom. The molecule has 1 N–H and O–H groups in total. The molecule has 4 heteroatoms. The molecule has 1 aromatic carbocycles. The summed E-state index contributed by atoms with van der Waals surface area (Å²) in [6.45, 7) is 3.59. The molecule has 2 aliphatic rings. The molecule has 0 bridgehead atoms. The quantitative estimate of drug-likeness (QED) is 0.905. The fourth-order valence-electron chi connectivity index (χ4n) is 3.46. The van der Waals surface area contributed by atoms with Crippen LogP contribution in [0, 0.1) is 11.7 Å². The van der Waals surface area contributed by atoms with Crippen LogP contribution in [0.15, 0.2) is 24.3 Å². The minimum atomic E-state index is -1.18. The molecule has 0 amide bonds. The van der Waals surface area contributed by atoms with Crippen molar-refractivity contribution < 1.29 is 19.0 Å². The number of aliphatic hydroxyl groups is 1. The summed E-state index contributed by atoms with van der Waals surface area (Å²) in [6.07, 6.45) is 2.31. The second-order valence-corrected chi connectivity index (χ2v) is 6.15. The van der Waals surface area contributed by atoms with Gasteiger partial charge in [-0.1, -0.05) is 18.2 Å². The second kappa shape index (κ2) is 5.10. The lowest BCUT2D eigenvalue weighted by Crippen LogP contribution is -2.46. The first-order valence-electron chi connectivity index (χ1n) is 7.23. The smallest absolute Gasteiger partial charge is 0.129 e. The van der Waals surface area contributed by atoms with E-state index in [0.717, 1.165) is 12.8 Å². The number of hydrogen-bond acceptors (Lipinski definition) is 3. The zero-order valence-corrected chi connectivity index (χ0v) is 11.8. The summed E-state index contributed by atoms with van der Waals surface area (Å²) < 4.78 is 25.3. The molecule has 20 heavy (non-hydrogen) atoms. The van der Waals surface area contributed by atoms with Crippen LogP contribution in [0.4, 0.5) is 4.39 Å². The average molecular weight is 280 g/mol. The summed E-state index contributed by atoms with van der Waals surface area (Å²) in [5.74, 6) is -0.365. The summed E-state index contributed by atoms with van der Waals surface area (Å²) in [5, 5.41) is 10.9. The van der Waals surface area contributed by atoms with Crippen LogP contribution in [-0.4, -0.2) is 30.5 Å². The molecule has 0 saturated carbocycles. The molecular weight excluding hydrogens is 259 g/mol. The summed E-state index contributed by atoms with van der Waals surface area (Å²) >= 11 is 0. The lowest BCUT2D eigenvalue weighted by Gasteiger charge is -2.43. The first-order chi connectivity index (χ1) is 9.54. The largest absolute Gasteiger partial charge is 0.385 e. The van der Waals surface area contributed by atoms with Crippen LogP contribution in [0.25, 0.3) is 0 Å². The van der Waals surface area contributed by atoms with Gasteiger partial charge >= 0.3 is 0 Å². The van der Waals surface area contributed by atoms with E-state index in [9.17, 15) is 9.50 Å².